The fourth-order valence-electron chi connectivity index (χ4n) is 3.00. The molecule has 1 aliphatic heterocycles. The van der Waals surface area contributed by atoms with Crippen molar-refractivity contribution in [3.8, 4) is 0 Å². The molecule has 2 fully saturated rings. The molecule has 3 unspecified atom stereocenters. The molecule has 20 heavy (non-hydrogen) atoms. The summed E-state index contributed by atoms with van der Waals surface area (Å²) in [5.74, 6) is 0.379. The molecule has 2 heterocycles. The van der Waals surface area contributed by atoms with Crippen LogP contribution in [0.4, 0.5) is 0 Å². The summed E-state index contributed by atoms with van der Waals surface area (Å²) < 4.78 is 11.2. The van der Waals surface area contributed by atoms with Crippen LogP contribution in [0.1, 0.15) is 67.0 Å². The van der Waals surface area contributed by atoms with Crippen molar-refractivity contribution in [2.75, 3.05) is 6.61 Å². The average Bonchev–Trinajstić information content (AvgIpc) is 3.10. The standard InChI is InChI=1S/C15H21NO3S/c1-10-4-2-5-11(8-10)19-15(17)12-9-20-14(16-12)13-6-3-7-18-13/h9-11,13H,2-8H2,1H3. The van der Waals surface area contributed by atoms with Gasteiger partial charge in [-0.15, -0.1) is 11.3 Å². The molecule has 0 amide bonds. The molecule has 0 bridgehead atoms. The van der Waals surface area contributed by atoms with E-state index in [0.717, 1.165) is 43.7 Å². The van der Waals surface area contributed by atoms with E-state index in [9.17, 15) is 4.79 Å². The lowest BCUT2D eigenvalue weighted by atomic mass is 9.89. The molecule has 0 aromatic carbocycles. The smallest absolute Gasteiger partial charge is 0.358 e. The predicted molar refractivity (Wildman–Crippen MR) is 76.9 cm³/mol. The number of rotatable bonds is 3. The third-order valence-corrected chi connectivity index (χ3v) is 5.03. The Hall–Kier alpha value is -0.940. The van der Waals surface area contributed by atoms with Crippen molar-refractivity contribution in [1.29, 1.82) is 0 Å². The summed E-state index contributed by atoms with van der Waals surface area (Å²) >= 11 is 1.50. The van der Waals surface area contributed by atoms with Crippen molar-refractivity contribution in [2.24, 2.45) is 5.92 Å². The van der Waals surface area contributed by atoms with Crippen LogP contribution in [-0.4, -0.2) is 23.7 Å². The Kier molecular flexibility index (Phi) is 4.36. The number of hydrogen-bond acceptors (Lipinski definition) is 5. The van der Waals surface area contributed by atoms with E-state index in [4.69, 9.17) is 9.47 Å². The molecule has 4 nitrogen and oxygen atoms in total. The van der Waals surface area contributed by atoms with Crippen molar-refractivity contribution in [3.05, 3.63) is 16.1 Å². The van der Waals surface area contributed by atoms with Crippen LogP contribution < -0.4 is 0 Å². The first-order valence-corrected chi connectivity index (χ1v) is 8.38. The molecule has 1 aromatic heterocycles. The lowest BCUT2D eigenvalue weighted by Crippen LogP contribution is -2.24. The monoisotopic (exact) mass is 295 g/mol. The van der Waals surface area contributed by atoms with E-state index in [-0.39, 0.29) is 18.2 Å². The third kappa shape index (κ3) is 3.20. The number of thiazole rings is 1. The first-order valence-electron chi connectivity index (χ1n) is 7.50. The van der Waals surface area contributed by atoms with E-state index >= 15 is 0 Å². The molecule has 110 valence electrons. The summed E-state index contributed by atoms with van der Waals surface area (Å²) in [5.41, 5.74) is 0.443. The van der Waals surface area contributed by atoms with Gasteiger partial charge in [-0.3, -0.25) is 0 Å². The third-order valence-electron chi connectivity index (χ3n) is 4.10. The van der Waals surface area contributed by atoms with E-state index in [2.05, 4.69) is 11.9 Å². The van der Waals surface area contributed by atoms with Crippen LogP contribution in [0.3, 0.4) is 0 Å². The largest absolute Gasteiger partial charge is 0.458 e. The fraction of sp³-hybridized carbons (Fsp3) is 0.733. The average molecular weight is 295 g/mol. The van der Waals surface area contributed by atoms with Crippen LogP contribution in [0.5, 0.6) is 0 Å². The Labute approximate surface area is 123 Å². The van der Waals surface area contributed by atoms with Gasteiger partial charge in [0, 0.05) is 12.0 Å². The molecule has 2 aliphatic rings. The highest BCUT2D eigenvalue weighted by Crippen LogP contribution is 2.31. The first-order chi connectivity index (χ1) is 9.72. The van der Waals surface area contributed by atoms with Gasteiger partial charge < -0.3 is 9.47 Å². The van der Waals surface area contributed by atoms with Crippen molar-refractivity contribution < 1.29 is 14.3 Å². The molecular formula is C15H21NO3S. The molecule has 1 aromatic rings. The van der Waals surface area contributed by atoms with Gasteiger partial charge in [-0.25, -0.2) is 9.78 Å². The number of carbonyl (C=O) groups excluding carboxylic acids is 1. The van der Waals surface area contributed by atoms with E-state index in [0.29, 0.717) is 11.6 Å². The van der Waals surface area contributed by atoms with Gasteiger partial charge in [0.2, 0.25) is 0 Å². The summed E-state index contributed by atoms with van der Waals surface area (Å²) in [4.78, 5) is 16.5. The number of hydrogen-bond donors (Lipinski definition) is 0. The fourth-order valence-corrected chi connectivity index (χ4v) is 3.87. The number of aromatic nitrogens is 1. The lowest BCUT2D eigenvalue weighted by molar-refractivity contribution is 0.0149. The molecule has 0 N–H and O–H groups in total. The zero-order chi connectivity index (χ0) is 13.9. The van der Waals surface area contributed by atoms with Gasteiger partial charge in [0.1, 0.15) is 17.2 Å². The van der Waals surface area contributed by atoms with Crippen molar-refractivity contribution in [1.82, 2.24) is 4.98 Å². The second-order valence-electron chi connectivity index (χ2n) is 5.87. The molecule has 1 saturated carbocycles. The Balaban J connectivity index is 1.59. The van der Waals surface area contributed by atoms with Crippen LogP contribution >= 0.6 is 11.3 Å². The highest BCUT2D eigenvalue weighted by molar-refractivity contribution is 7.09. The van der Waals surface area contributed by atoms with Gasteiger partial charge in [0.15, 0.2) is 5.69 Å². The molecular weight excluding hydrogens is 274 g/mol. The van der Waals surface area contributed by atoms with Crippen molar-refractivity contribution in [3.63, 3.8) is 0 Å². The van der Waals surface area contributed by atoms with Gasteiger partial charge in [-0.2, -0.15) is 0 Å². The minimum absolute atomic E-state index is 0.0686. The Bertz CT molecular complexity index is 467. The van der Waals surface area contributed by atoms with Gasteiger partial charge in [-0.05, 0) is 38.0 Å². The maximum absolute atomic E-state index is 12.1. The second kappa shape index (κ2) is 6.22. The maximum atomic E-state index is 12.1. The zero-order valence-corrected chi connectivity index (χ0v) is 12.7. The summed E-state index contributed by atoms with van der Waals surface area (Å²) in [5, 5.41) is 2.71. The summed E-state index contributed by atoms with van der Waals surface area (Å²) in [6, 6.07) is 0. The summed E-state index contributed by atoms with van der Waals surface area (Å²) in [6.07, 6.45) is 6.58. The van der Waals surface area contributed by atoms with Crippen LogP contribution in [0.2, 0.25) is 0 Å². The maximum Gasteiger partial charge on any atom is 0.358 e. The van der Waals surface area contributed by atoms with E-state index < -0.39 is 0 Å². The van der Waals surface area contributed by atoms with Gasteiger partial charge in [-0.1, -0.05) is 13.3 Å². The van der Waals surface area contributed by atoms with Gasteiger partial charge in [0.25, 0.3) is 0 Å². The summed E-state index contributed by atoms with van der Waals surface area (Å²) in [7, 11) is 0. The molecule has 5 heteroatoms. The van der Waals surface area contributed by atoms with Crippen LogP contribution in [0.15, 0.2) is 5.38 Å². The number of esters is 1. The van der Waals surface area contributed by atoms with Gasteiger partial charge in [0.05, 0.1) is 0 Å². The Morgan fingerprint density at radius 3 is 3.05 bits per heavy atom. The van der Waals surface area contributed by atoms with Crippen molar-refractivity contribution >= 4 is 17.3 Å². The summed E-state index contributed by atoms with van der Waals surface area (Å²) in [6.45, 7) is 3.02. The SMILES string of the molecule is CC1CCCC(OC(=O)c2csc(C3CCCO3)n2)C1. The van der Waals surface area contributed by atoms with Crippen LogP contribution in [-0.2, 0) is 9.47 Å². The first kappa shape index (κ1) is 14.0. The Morgan fingerprint density at radius 2 is 2.30 bits per heavy atom. The highest BCUT2D eigenvalue weighted by atomic mass is 32.1. The number of nitrogens with zero attached hydrogens (tertiary/aromatic N) is 1. The lowest BCUT2D eigenvalue weighted by Gasteiger charge is -2.26. The normalized spacial score (nSPS) is 30.4. The van der Waals surface area contributed by atoms with E-state index in [1.165, 1.54) is 17.8 Å². The minimum Gasteiger partial charge on any atom is -0.458 e. The van der Waals surface area contributed by atoms with E-state index in [1.54, 1.807) is 5.38 Å². The minimum atomic E-state index is -0.274. The predicted octanol–water partition coefficient (Wildman–Crippen LogP) is 3.73. The second-order valence-corrected chi connectivity index (χ2v) is 6.76. The topological polar surface area (TPSA) is 48.4 Å². The molecule has 3 atom stereocenters. The molecule has 3 rings (SSSR count). The number of ether oxygens (including phenoxy) is 2. The zero-order valence-electron chi connectivity index (χ0n) is 11.8. The quantitative estimate of drug-likeness (QED) is 0.797. The molecule has 1 aliphatic carbocycles. The molecule has 1 saturated heterocycles. The van der Waals surface area contributed by atoms with Gasteiger partial charge >= 0.3 is 5.97 Å². The van der Waals surface area contributed by atoms with E-state index in [1.807, 2.05) is 0 Å². The number of carbonyl (C=O) groups is 1. The van der Waals surface area contributed by atoms with Crippen LogP contribution in [0, 0.1) is 5.92 Å². The molecule has 0 spiro atoms. The van der Waals surface area contributed by atoms with Crippen LogP contribution in [0.25, 0.3) is 0 Å². The Morgan fingerprint density at radius 1 is 1.40 bits per heavy atom. The highest BCUT2D eigenvalue weighted by Gasteiger charge is 2.26. The van der Waals surface area contributed by atoms with Crippen molar-refractivity contribution in [2.45, 2.75) is 57.7 Å². The molecule has 0 radical (unpaired) electrons.